The summed E-state index contributed by atoms with van der Waals surface area (Å²) < 4.78 is 26.3. The second-order valence-corrected chi connectivity index (χ2v) is 7.69. The smallest absolute Gasteiger partial charge is 0.251 e. The first kappa shape index (κ1) is 15.5. The Labute approximate surface area is 127 Å². The Morgan fingerprint density at radius 1 is 1.30 bits per heavy atom. The lowest BCUT2D eigenvalue weighted by Gasteiger charge is -2.15. The molecule has 1 aromatic carbocycles. The second kappa shape index (κ2) is 6.69. The lowest BCUT2D eigenvalue weighted by molar-refractivity contribution is 0.0956. The molecule has 0 aromatic heterocycles. The maximum absolute atomic E-state index is 12.0. The van der Waals surface area contributed by atoms with E-state index in [0.717, 1.165) is 17.3 Å². The largest absolute Gasteiger partial charge is 0.351 e. The third-order valence-electron chi connectivity index (χ3n) is 3.19. The highest BCUT2D eigenvalue weighted by atomic mass is 79.9. The Kier molecular flexibility index (Phi) is 5.17. The number of carbonyl (C=O) groups is 1. The zero-order valence-corrected chi connectivity index (χ0v) is 13.4. The minimum atomic E-state index is -3.24. The molecule has 0 unspecified atom stereocenters. The van der Waals surface area contributed by atoms with Crippen molar-refractivity contribution in [3.05, 3.63) is 34.3 Å². The third-order valence-corrected chi connectivity index (χ3v) is 5.56. The third kappa shape index (κ3) is 4.04. The fourth-order valence-electron chi connectivity index (χ4n) is 2.12. The van der Waals surface area contributed by atoms with Crippen molar-refractivity contribution in [3.63, 3.8) is 0 Å². The van der Waals surface area contributed by atoms with E-state index < -0.39 is 10.0 Å². The summed E-state index contributed by atoms with van der Waals surface area (Å²) in [6.45, 7) is 1.33. The van der Waals surface area contributed by atoms with Crippen LogP contribution < -0.4 is 5.32 Å². The number of nitrogens with zero attached hydrogens (tertiary/aromatic N) is 1. The molecule has 110 valence electrons. The number of hydrogen-bond acceptors (Lipinski definition) is 3. The van der Waals surface area contributed by atoms with Gasteiger partial charge >= 0.3 is 0 Å². The number of benzene rings is 1. The van der Waals surface area contributed by atoms with Crippen LogP contribution >= 0.6 is 15.9 Å². The summed E-state index contributed by atoms with van der Waals surface area (Å²) in [4.78, 5) is 11.9. The number of halogens is 1. The van der Waals surface area contributed by atoms with E-state index in [9.17, 15) is 13.2 Å². The van der Waals surface area contributed by atoms with Crippen molar-refractivity contribution < 1.29 is 13.2 Å². The van der Waals surface area contributed by atoms with Crippen molar-refractivity contribution in [1.82, 2.24) is 9.62 Å². The van der Waals surface area contributed by atoms with Crippen molar-refractivity contribution in [2.24, 2.45) is 0 Å². The Hall–Kier alpha value is -0.920. The van der Waals surface area contributed by atoms with Crippen LogP contribution in [0.5, 0.6) is 0 Å². The van der Waals surface area contributed by atoms with Gasteiger partial charge in [0.25, 0.3) is 5.91 Å². The molecule has 1 saturated heterocycles. The van der Waals surface area contributed by atoms with E-state index in [1.807, 2.05) is 6.07 Å². The van der Waals surface area contributed by atoms with Gasteiger partial charge in [0.05, 0.1) is 5.75 Å². The van der Waals surface area contributed by atoms with Crippen LogP contribution in [0.1, 0.15) is 23.2 Å². The maximum atomic E-state index is 12.0. The van der Waals surface area contributed by atoms with Crippen LogP contribution in [0.15, 0.2) is 28.7 Å². The summed E-state index contributed by atoms with van der Waals surface area (Å²) >= 11 is 3.29. The highest BCUT2D eigenvalue weighted by Gasteiger charge is 2.24. The summed E-state index contributed by atoms with van der Waals surface area (Å²) in [5, 5.41) is 2.64. The molecule has 0 aliphatic carbocycles. The summed E-state index contributed by atoms with van der Waals surface area (Å²) in [5.41, 5.74) is 0.512. The standard InChI is InChI=1S/C13H17BrN2O3S/c14-12-5-3-4-11(10-12)13(17)15-6-9-20(18,19)16-7-1-2-8-16/h3-5,10H,1-2,6-9H2,(H,15,17). The van der Waals surface area contributed by atoms with Crippen molar-refractivity contribution in [3.8, 4) is 0 Å². The number of carbonyl (C=O) groups excluding carboxylic acids is 1. The van der Waals surface area contributed by atoms with Gasteiger partial charge in [-0.25, -0.2) is 12.7 Å². The number of nitrogens with one attached hydrogen (secondary N) is 1. The molecule has 5 nitrogen and oxygen atoms in total. The minimum Gasteiger partial charge on any atom is -0.351 e. The van der Waals surface area contributed by atoms with Crippen molar-refractivity contribution in [2.75, 3.05) is 25.4 Å². The van der Waals surface area contributed by atoms with E-state index in [-0.39, 0.29) is 18.2 Å². The number of rotatable bonds is 5. The van der Waals surface area contributed by atoms with E-state index in [1.165, 1.54) is 4.31 Å². The van der Waals surface area contributed by atoms with E-state index >= 15 is 0 Å². The first-order valence-corrected chi connectivity index (χ1v) is 8.91. The van der Waals surface area contributed by atoms with E-state index in [0.29, 0.717) is 18.7 Å². The molecule has 0 atom stereocenters. The fraction of sp³-hybridized carbons (Fsp3) is 0.462. The van der Waals surface area contributed by atoms with E-state index in [1.54, 1.807) is 18.2 Å². The van der Waals surface area contributed by atoms with Crippen LogP contribution in [0.25, 0.3) is 0 Å². The molecule has 1 fully saturated rings. The Morgan fingerprint density at radius 2 is 2.00 bits per heavy atom. The molecular weight excluding hydrogens is 344 g/mol. The summed E-state index contributed by atoms with van der Waals surface area (Å²) in [6, 6.07) is 6.98. The van der Waals surface area contributed by atoms with Crippen molar-refractivity contribution >= 4 is 31.9 Å². The van der Waals surface area contributed by atoms with Crippen LogP contribution in [0, 0.1) is 0 Å². The van der Waals surface area contributed by atoms with E-state index in [4.69, 9.17) is 0 Å². The average Bonchev–Trinajstić information content (AvgIpc) is 2.93. The monoisotopic (exact) mass is 360 g/mol. The molecule has 1 heterocycles. The normalized spacial score (nSPS) is 16.2. The topological polar surface area (TPSA) is 66.5 Å². The summed E-state index contributed by atoms with van der Waals surface area (Å²) in [6.07, 6.45) is 1.84. The highest BCUT2D eigenvalue weighted by molar-refractivity contribution is 9.10. The molecule has 1 aliphatic rings. The zero-order chi connectivity index (χ0) is 14.6. The van der Waals surface area contributed by atoms with Crippen molar-refractivity contribution in [1.29, 1.82) is 0 Å². The predicted molar refractivity (Wildman–Crippen MR) is 81.1 cm³/mol. The van der Waals surface area contributed by atoms with Crippen LogP contribution in [0.4, 0.5) is 0 Å². The zero-order valence-electron chi connectivity index (χ0n) is 11.0. The molecule has 0 bridgehead atoms. The minimum absolute atomic E-state index is 0.0489. The SMILES string of the molecule is O=C(NCCS(=O)(=O)N1CCCC1)c1cccc(Br)c1. The van der Waals surface area contributed by atoms with Gasteiger partial charge < -0.3 is 5.32 Å². The Bertz CT molecular complexity index is 583. The van der Waals surface area contributed by atoms with E-state index in [2.05, 4.69) is 21.2 Å². The molecule has 0 saturated carbocycles. The van der Waals surface area contributed by atoms with Crippen LogP contribution in [0.2, 0.25) is 0 Å². The quantitative estimate of drug-likeness (QED) is 0.867. The fourth-order valence-corrected chi connectivity index (χ4v) is 3.95. The first-order chi connectivity index (χ1) is 9.49. The van der Waals surface area contributed by atoms with Gasteiger partial charge in [0.15, 0.2) is 0 Å². The molecule has 20 heavy (non-hydrogen) atoms. The van der Waals surface area contributed by atoms with Crippen molar-refractivity contribution in [2.45, 2.75) is 12.8 Å². The molecule has 0 spiro atoms. The van der Waals surface area contributed by atoms with Gasteiger partial charge in [0.2, 0.25) is 10.0 Å². The van der Waals surface area contributed by atoms with Crippen LogP contribution in [-0.2, 0) is 10.0 Å². The van der Waals surface area contributed by atoms with Gasteiger partial charge in [0, 0.05) is 29.7 Å². The molecule has 7 heteroatoms. The van der Waals surface area contributed by atoms with Gasteiger partial charge in [-0.05, 0) is 31.0 Å². The number of sulfonamides is 1. The summed E-state index contributed by atoms with van der Waals surface area (Å²) in [7, 11) is -3.24. The molecule has 1 amide bonds. The summed E-state index contributed by atoms with van der Waals surface area (Å²) in [5.74, 6) is -0.310. The van der Waals surface area contributed by atoms with Gasteiger partial charge in [0.1, 0.15) is 0 Å². The molecular formula is C13H17BrN2O3S. The predicted octanol–water partition coefficient (Wildman–Crippen LogP) is 1.60. The van der Waals surface area contributed by atoms with Gasteiger partial charge in [-0.15, -0.1) is 0 Å². The van der Waals surface area contributed by atoms with Crippen LogP contribution in [0.3, 0.4) is 0 Å². The molecule has 1 aromatic rings. The highest BCUT2D eigenvalue weighted by Crippen LogP contribution is 2.13. The average molecular weight is 361 g/mol. The maximum Gasteiger partial charge on any atom is 0.251 e. The van der Waals surface area contributed by atoms with Gasteiger partial charge in [-0.2, -0.15) is 0 Å². The molecule has 1 aliphatic heterocycles. The van der Waals surface area contributed by atoms with Gasteiger partial charge in [-0.3, -0.25) is 4.79 Å². The second-order valence-electron chi connectivity index (χ2n) is 4.69. The lowest BCUT2D eigenvalue weighted by atomic mass is 10.2. The molecule has 2 rings (SSSR count). The number of amides is 1. The lowest BCUT2D eigenvalue weighted by Crippen LogP contribution is -2.36. The molecule has 0 radical (unpaired) electrons. The number of hydrogen-bond donors (Lipinski definition) is 1. The van der Waals surface area contributed by atoms with Crippen LogP contribution in [-0.4, -0.2) is 44.0 Å². The molecule has 1 N–H and O–H groups in total. The Balaban J connectivity index is 1.85. The first-order valence-electron chi connectivity index (χ1n) is 6.51. The van der Waals surface area contributed by atoms with Gasteiger partial charge in [-0.1, -0.05) is 22.0 Å². The Morgan fingerprint density at radius 3 is 2.65 bits per heavy atom.